The molecule has 0 spiro atoms. The maximum atomic E-state index is 13.0. The van der Waals surface area contributed by atoms with Gasteiger partial charge in [0.1, 0.15) is 17.5 Å². The molecule has 22 heavy (non-hydrogen) atoms. The first-order valence-electron chi connectivity index (χ1n) is 6.25. The molecule has 0 atom stereocenters. The van der Waals surface area contributed by atoms with E-state index in [-0.39, 0.29) is 5.57 Å². The molecule has 3 nitrogen and oxygen atoms in total. The fourth-order valence-corrected chi connectivity index (χ4v) is 1.58. The summed E-state index contributed by atoms with van der Waals surface area (Å²) < 4.78 is 51.4. The van der Waals surface area contributed by atoms with E-state index in [2.05, 4.69) is 5.32 Å². The molecular weight excluding hydrogens is 300 g/mol. The van der Waals surface area contributed by atoms with Crippen molar-refractivity contribution < 1.29 is 22.4 Å². The lowest BCUT2D eigenvalue weighted by Crippen LogP contribution is -2.22. The zero-order valence-electron chi connectivity index (χ0n) is 12.2. The van der Waals surface area contributed by atoms with Gasteiger partial charge in [0.05, 0.1) is 11.3 Å². The number of allylic oxidation sites excluding steroid dienone is 1. The number of Topliss-reactive ketones (excluding diaryl/α,β-unsaturated/α-hetero) is 1. The predicted octanol–water partition coefficient (Wildman–Crippen LogP) is 4.28. The maximum absolute atomic E-state index is 13.0. The van der Waals surface area contributed by atoms with Gasteiger partial charge in [-0.1, -0.05) is 20.8 Å². The van der Waals surface area contributed by atoms with Crippen LogP contribution in [0.1, 0.15) is 26.3 Å². The number of nitrogens with zero attached hydrogens (tertiary/aromatic N) is 1. The van der Waals surface area contributed by atoms with E-state index >= 15 is 0 Å². The van der Waals surface area contributed by atoms with E-state index in [1.807, 2.05) is 0 Å². The number of nitriles is 1. The Morgan fingerprint density at radius 2 is 1.86 bits per heavy atom. The highest BCUT2D eigenvalue weighted by Gasteiger charge is 2.34. The summed E-state index contributed by atoms with van der Waals surface area (Å²) >= 11 is 0. The minimum atomic E-state index is -4.76. The molecule has 1 rings (SSSR count). The van der Waals surface area contributed by atoms with E-state index in [4.69, 9.17) is 5.26 Å². The van der Waals surface area contributed by atoms with Crippen LogP contribution in [0.3, 0.4) is 0 Å². The number of rotatable bonds is 3. The number of benzene rings is 1. The van der Waals surface area contributed by atoms with Crippen LogP contribution in [-0.4, -0.2) is 5.78 Å². The van der Waals surface area contributed by atoms with Crippen molar-refractivity contribution in [1.82, 2.24) is 0 Å². The van der Waals surface area contributed by atoms with Crippen LogP contribution in [-0.2, 0) is 11.0 Å². The molecule has 0 aliphatic heterocycles. The molecule has 0 radical (unpaired) electrons. The molecule has 0 saturated heterocycles. The fraction of sp³-hybridized carbons (Fsp3) is 0.333. The standard InChI is InChI=1S/C15H14F4N2O/c1-14(2,3)13(22)9(7-20)8-21-12-5-4-10(16)6-11(12)15(17,18)19/h4-6,8,21H,1-3H3. The maximum Gasteiger partial charge on any atom is 0.418 e. The number of ketones is 1. The third-order valence-corrected chi connectivity index (χ3v) is 2.71. The van der Waals surface area contributed by atoms with Gasteiger partial charge >= 0.3 is 6.18 Å². The Balaban J connectivity index is 3.18. The van der Waals surface area contributed by atoms with Gasteiger partial charge in [-0.05, 0) is 18.2 Å². The molecule has 0 fully saturated rings. The van der Waals surface area contributed by atoms with E-state index < -0.39 is 34.4 Å². The summed E-state index contributed by atoms with van der Waals surface area (Å²) in [4.78, 5) is 11.9. The van der Waals surface area contributed by atoms with Crippen LogP contribution in [0.5, 0.6) is 0 Å². The Morgan fingerprint density at radius 1 is 1.27 bits per heavy atom. The molecular formula is C15H14F4N2O. The van der Waals surface area contributed by atoms with E-state index in [9.17, 15) is 22.4 Å². The van der Waals surface area contributed by atoms with Crippen LogP contribution in [0.4, 0.5) is 23.2 Å². The molecule has 0 aromatic heterocycles. The first-order valence-corrected chi connectivity index (χ1v) is 6.25. The highest BCUT2D eigenvalue weighted by molar-refractivity contribution is 6.02. The predicted molar refractivity (Wildman–Crippen MR) is 73.2 cm³/mol. The summed E-state index contributed by atoms with van der Waals surface area (Å²) in [7, 11) is 0. The first-order chi connectivity index (χ1) is 9.96. The highest BCUT2D eigenvalue weighted by Crippen LogP contribution is 2.35. The second-order valence-corrected chi connectivity index (χ2v) is 5.58. The summed E-state index contributed by atoms with van der Waals surface area (Å²) in [5, 5.41) is 11.2. The van der Waals surface area contributed by atoms with Crippen molar-refractivity contribution in [2.75, 3.05) is 5.32 Å². The Hall–Kier alpha value is -2.36. The van der Waals surface area contributed by atoms with Gasteiger partial charge in [0.25, 0.3) is 0 Å². The third kappa shape index (κ3) is 4.32. The van der Waals surface area contributed by atoms with Crippen molar-refractivity contribution in [3.05, 3.63) is 41.4 Å². The number of halogens is 4. The summed E-state index contributed by atoms with van der Waals surface area (Å²) in [5.74, 6) is -1.55. The summed E-state index contributed by atoms with van der Waals surface area (Å²) in [5.41, 5.74) is -2.82. The molecule has 0 aliphatic rings. The Labute approximate surface area is 125 Å². The number of nitrogens with one attached hydrogen (secondary N) is 1. The SMILES string of the molecule is CC(C)(C)C(=O)C(C#N)=CNc1ccc(F)cc1C(F)(F)F. The van der Waals surface area contributed by atoms with Crippen molar-refractivity contribution in [3.8, 4) is 6.07 Å². The second kappa shape index (κ2) is 6.18. The molecule has 0 unspecified atom stereocenters. The van der Waals surface area contributed by atoms with Gasteiger partial charge in [-0.15, -0.1) is 0 Å². The number of carbonyl (C=O) groups is 1. The highest BCUT2D eigenvalue weighted by atomic mass is 19.4. The third-order valence-electron chi connectivity index (χ3n) is 2.71. The van der Waals surface area contributed by atoms with Gasteiger partial charge in [-0.25, -0.2) is 4.39 Å². The molecule has 0 bridgehead atoms. The molecule has 0 heterocycles. The molecule has 118 valence electrons. The van der Waals surface area contributed by atoms with Gasteiger partial charge in [0.15, 0.2) is 5.78 Å². The topological polar surface area (TPSA) is 52.9 Å². The number of alkyl halides is 3. The second-order valence-electron chi connectivity index (χ2n) is 5.58. The first kappa shape index (κ1) is 17.7. The summed E-state index contributed by atoms with van der Waals surface area (Å²) in [6.45, 7) is 4.75. The largest absolute Gasteiger partial charge is 0.418 e. The van der Waals surface area contributed by atoms with Crippen LogP contribution in [0.2, 0.25) is 0 Å². The normalized spacial score (nSPS) is 12.7. The van der Waals surface area contributed by atoms with Gasteiger partial charge < -0.3 is 5.32 Å². The van der Waals surface area contributed by atoms with Crippen LogP contribution in [0.15, 0.2) is 30.0 Å². The Bertz CT molecular complexity index is 649. The molecule has 1 aromatic rings. The lowest BCUT2D eigenvalue weighted by Gasteiger charge is -2.16. The average Bonchev–Trinajstić information content (AvgIpc) is 2.38. The van der Waals surface area contributed by atoms with E-state index in [0.29, 0.717) is 6.07 Å². The number of hydrogen-bond acceptors (Lipinski definition) is 3. The van der Waals surface area contributed by atoms with Crippen molar-refractivity contribution in [2.45, 2.75) is 26.9 Å². The van der Waals surface area contributed by atoms with Crippen molar-refractivity contribution in [3.63, 3.8) is 0 Å². The van der Waals surface area contributed by atoms with Crippen molar-refractivity contribution in [1.29, 1.82) is 5.26 Å². The molecule has 7 heteroatoms. The van der Waals surface area contributed by atoms with E-state index in [0.717, 1.165) is 18.3 Å². The van der Waals surface area contributed by atoms with Gasteiger partial charge in [-0.2, -0.15) is 18.4 Å². The van der Waals surface area contributed by atoms with Gasteiger partial charge in [-0.3, -0.25) is 4.79 Å². The van der Waals surface area contributed by atoms with Gasteiger partial charge in [0, 0.05) is 11.6 Å². The molecule has 1 aromatic carbocycles. The zero-order chi connectivity index (χ0) is 17.1. The molecule has 0 saturated carbocycles. The number of anilines is 1. The Kier molecular flexibility index (Phi) is 4.97. The summed E-state index contributed by atoms with van der Waals surface area (Å²) in [6.07, 6.45) is -3.87. The number of hydrogen-bond donors (Lipinski definition) is 1. The van der Waals surface area contributed by atoms with Crippen LogP contribution in [0, 0.1) is 22.6 Å². The fourth-order valence-electron chi connectivity index (χ4n) is 1.58. The minimum Gasteiger partial charge on any atom is -0.360 e. The smallest absolute Gasteiger partial charge is 0.360 e. The van der Waals surface area contributed by atoms with Crippen LogP contribution < -0.4 is 5.32 Å². The van der Waals surface area contributed by atoms with E-state index in [1.165, 1.54) is 0 Å². The molecule has 0 amide bonds. The van der Waals surface area contributed by atoms with Crippen LogP contribution in [0.25, 0.3) is 0 Å². The van der Waals surface area contributed by atoms with Crippen LogP contribution >= 0.6 is 0 Å². The van der Waals surface area contributed by atoms with Crippen molar-refractivity contribution in [2.24, 2.45) is 5.41 Å². The average molecular weight is 314 g/mol. The monoisotopic (exact) mass is 314 g/mol. The van der Waals surface area contributed by atoms with E-state index in [1.54, 1.807) is 26.8 Å². The zero-order valence-corrected chi connectivity index (χ0v) is 12.2. The molecule has 0 aliphatic carbocycles. The molecule has 1 N–H and O–H groups in total. The lowest BCUT2D eigenvalue weighted by molar-refractivity contribution is -0.137. The quantitative estimate of drug-likeness (QED) is 0.515. The van der Waals surface area contributed by atoms with Crippen molar-refractivity contribution >= 4 is 11.5 Å². The summed E-state index contributed by atoms with van der Waals surface area (Å²) in [6, 6.07) is 3.73. The Morgan fingerprint density at radius 3 is 2.32 bits per heavy atom. The van der Waals surface area contributed by atoms with Gasteiger partial charge in [0.2, 0.25) is 0 Å². The minimum absolute atomic E-state index is 0.315. The lowest BCUT2D eigenvalue weighted by atomic mass is 9.87. The number of carbonyl (C=O) groups excluding carboxylic acids is 1.